The fraction of sp³-hybridized carbons (Fsp3) is 0.571. The van der Waals surface area contributed by atoms with Crippen molar-refractivity contribution in [3.8, 4) is 0 Å². The topological polar surface area (TPSA) is 17.1 Å². The number of ketones is 1. The van der Waals surface area contributed by atoms with Crippen LogP contribution in [0.2, 0.25) is 0 Å². The van der Waals surface area contributed by atoms with E-state index in [9.17, 15) is 4.79 Å². The van der Waals surface area contributed by atoms with Crippen molar-refractivity contribution < 1.29 is 4.79 Å². The highest BCUT2D eigenvalue weighted by molar-refractivity contribution is 9.09. The summed E-state index contributed by atoms with van der Waals surface area (Å²) in [6, 6.07) is 0. The van der Waals surface area contributed by atoms with Gasteiger partial charge in [0, 0.05) is 4.83 Å². The maximum Gasteiger partial charge on any atom is 0.155 e. The van der Waals surface area contributed by atoms with Crippen LogP contribution in [0.5, 0.6) is 0 Å². The summed E-state index contributed by atoms with van der Waals surface area (Å²) in [5.41, 5.74) is 0.819. The van der Waals surface area contributed by atoms with E-state index >= 15 is 0 Å². The SMILES string of the molecule is CC(=O)/C(C)=C\C(C)Br. The first-order valence-corrected chi connectivity index (χ1v) is 3.79. The van der Waals surface area contributed by atoms with Crippen molar-refractivity contribution in [1.29, 1.82) is 0 Å². The first-order chi connectivity index (χ1) is 4.04. The van der Waals surface area contributed by atoms with Gasteiger partial charge in [-0.2, -0.15) is 0 Å². The summed E-state index contributed by atoms with van der Waals surface area (Å²) in [5.74, 6) is 0.140. The van der Waals surface area contributed by atoms with Crippen LogP contribution in [0.4, 0.5) is 0 Å². The minimum atomic E-state index is 0.140. The van der Waals surface area contributed by atoms with E-state index in [1.165, 1.54) is 0 Å². The van der Waals surface area contributed by atoms with E-state index in [4.69, 9.17) is 0 Å². The Morgan fingerprint density at radius 3 is 2.11 bits per heavy atom. The summed E-state index contributed by atoms with van der Waals surface area (Å²) in [5, 5.41) is 0. The largest absolute Gasteiger partial charge is 0.295 e. The number of hydrogen-bond donors (Lipinski definition) is 0. The molecular weight excluding hydrogens is 180 g/mol. The second-order valence-corrected chi connectivity index (χ2v) is 3.53. The van der Waals surface area contributed by atoms with Gasteiger partial charge in [0.15, 0.2) is 5.78 Å². The van der Waals surface area contributed by atoms with Crippen molar-refractivity contribution >= 4 is 21.7 Å². The summed E-state index contributed by atoms with van der Waals surface area (Å²) >= 11 is 3.31. The second kappa shape index (κ2) is 3.83. The van der Waals surface area contributed by atoms with E-state index in [0.29, 0.717) is 4.83 Å². The highest BCUT2D eigenvalue weighted by Gasteiger charge is 1.96. The van der Waals surface area contributed by atoms with Gasteiger partial charge in [0.05, 0.1) is 0 Å². The lowest BCUT2D eigenvalue weighted by Crippen LogP contribution is -1.94. The Morgan fingerprint density at radius 2 is 2.00 bits per heavy atom. The molecule has 2 heteroatoms. The number of allylic oxidation sites excluding steroid dienone is 2. The number of hydrogen-bond acceptors (Lipinski definition) is 1. The summed E-state index contributed by atoms with van der Waals surface area (Å²) in [7, 11) is 0. The number of rotatable bonds is 2. The smallest absolute Gasteiger partial charge is 0.155 e. The summed E-state index contributed by atoms with van der Waals surface area (Å²) < 4.78 is 0. The molecule has 9 heavy (non-hydrogen) atoms. The fourth-order valence-electron chi connectivity index (χ4n) is 0.462. The van der Waals surface area contributed by atoms with E-state index in [0.717, 1.165) is 5.57 Å². The highest BCUT2D eigenvalue weighted by atomic mass is 79.9. The summed E-state index contributed by atoms with van der Waals surface area (Å²) in [6.45, 7) is 5.37. The van der Waals surface area contributed by atoms with E-state index < -0.39 is 0 Å². The van der Waals surface area contributed by atoms with Gasteiger partial charge in [0.1, 0.15) is 0 Å². The van der Waals surface area contributed by atoms with Crippen LogP contribution < -0.4 is 0 Å². The van der Waals surface area contributed by atoms with E-state index in [1.54, 1.807) is 6.92 Å². The number of halogens is 1. The van der Waals surface area contributed by atoms with Gasteiger partial charge >= 0.3 is 0 Å². The molecule has 0 rings (SSSR count). The van der Waals surface area contributed by atoms with Gasteiger partial charge in [-0.15, -0.1) is 0 Å². The Balaban J connectivity index is 4.00. The molecule has 0 N–H and O–H groups in total. The third-order valence-electron chi connectivity index (χ3n) is 1.03. The molecule has 0 aromatic rings. The monoisotopic (exact) mass is 190 g/mol. The molecule has 0 aromatic heterocycles. The third-order valence-corrected chi connectivity index (χ3v) is 1.30. The standard InChI is InChI=1S/C7H11BrO/c1-5(7(3)9)4-6(2)8/h4,6H,1-3H3/b5-4-. The molecule has 0 saturated carbocycles. The molecule has 1 unspecified atom stereocenters. The molecule has 0 heterocycles. The molecule has 0 spiro atoms. The van der Waals surface area contributed by atoms with E-state index in [2.05, 4.69) is 15.9 Å². The van der Waals surface area contributed by atoms with Gasteiger partial charge < -0.3 is 0 Å². The van der Waals surface area contributed by atoms with E-state index in [1.807, 2.05) is 19.9 Å². The Labute approximate surface area is 64.3 Å². The number of carbonyl (C=O) groups is 1. The average molecular weight is 191 g/mol. The molecule has 0 amide bonds. The first kappa shape index (κ1) is 8.89. The Bertz CT molecular complexity index is 136. The van der Waals surface area contributed by atoms with Gasteiger partial charge in [0.2, 0.25) is 0 Å². The summed E-state index contributed by atoms with van der Waals surface area (Å²) in [4.78, 5) is 10.9. The molecular formula is C7H11BrO. The lowest BCUT2D eigenvalue weighted by atomic mass is 10.2. The average Bonchev–Trinajstić information content (AvgIpc) is 1.63. The van der Waals surface area contributed by atoms with Crippen LogP contribution in [-0.4, -0.2) is 10.6 Å². The molecule has 52 valence electrons. The van der Waals surface area contributed by atoms with Crippen molar-refractivity contribution in [2.75, 3.05) is 0 Å². The van der Waals surface area contributed by atoms with Crippen molar-refractivity contribution in [2.45, 2.75) is 25.6 Å². The Morgan fingerprint density at radius 1 is 1.56 bits per heavy atom. The fourth-order valence-corrected chi connectivity index (χ4v) is 0.858. The molecule has 1 atom stereocenters. The zero-order valence-corrected chi connectivity index (χ0v) is 7.53. The molecule has 1 nitrogen and oxygen atoms in total. The maximum atomic E-state index is 10.6. The second-order valence-electron chi connectivity index (χ2n) is 2.08. The van der Waals surface area contributed by atoms with Crippen LogP contribution in [0.3, 0.4) is 0 Å². The lowest BCUT2D eigenvalue weighted by Gasteiger charge is -1.95. The molecule has 0 bridgehead atoms. The van der Waals surface area contributed by atoms with Crippen LogP contribution in [0, 0.1) is 0 Å². The minimum absolute atomic E-state index is 0.140. The minimum Gasteiger partial charge on any atom is -0.295 e. The number of alkyl halides is 1. The van der Waals surface area contributed by atoms with Crippen LogP contribution in [0.25, 0.3) is 0 Å². The normalized spacial score (nSPS) is 15.3. The molecule has 0 aliphatic rings. The predicted octanol–water partition coefficient (Wildman–Crippen LogP) is 2.31. The van der Waals surface area contributed by atoms with Crippen molar-refractivity contribution in [3.05, 3.63) is 11.6 Å². The van der Waals surface area contributed by atoms with Crippen LogP contribution in [-0.2, 0) is 4.79 Å². The molecule has 0 fully saturated rings. The van der Waals surface area contributed by atoms with Crippen molar-refractivity contribution in [1.82, 2.24) is 0 Å². The molecule has 0 aromatic carbocycles. The van der Waals surface area contributed by atoms with E-state index in [-0.39, 0.29) is 5.78 Å². The van der Waals surface area contributed by atoms with Gasteiger partial charge in [-0.3, -0.25) is 4.79 Å². The Hall–Kier alpha value is -0.110. The van der Waals surface area contributed by atoms with Crippen LogP contribution >= 0.6 is 15.9 Å². The quantitative estimate of drug-likeness (QED) is 0.483. The van der Waals surface area contributed by atoms with Crippen LogP contribution in [0.1, 0.15) is 20.8 Å². The maximum absolute atomic E-state index is 10.6. The molecule has 0 saturated heterocycles. The van der Waals surface area contributed by atoms with Crippen LogP contribution in [0.15, 0.2) is 11.6 Å². The van der Waals surface area contributed by atoms with Gasteiger partial charge in [-0.25, -0.2) is 0 Å². The zero-order chi connectivity index (χ0) is 7.44. The third kappa shape index (κ3) is 4.40. The Kier molecular flexibility index (Phi) is 3.78. The molecule has 0 aliphatic heterocycles. The van der Waals surface area contributed by atoms with Gasteiger partial charge in [0.25, 0.3) is 0 Å². The van der Waals surface area contributed by atoms with Crippen molar-refractivity contribution in [2.24, 2.45) is 0 Å². The molecule has 0 aliphatic carbocycles. The highest BCUT2D eigenvalue weighted by Crippen LogP contribution is 2.04. The predicted molar refractivity (Wildman–Crippen MR) is 42.8 cm³/mol. The van der Waals surface area contributed by atoms with Gasteiger partial charge in [-0.05, 0) is 26.3 Å². The number of carbonyl (C=O) groups excluding carboxylic acids is 1. The summed E-state index contributed by atoms with van der Waals surface area (Å²) in [6.07, 6.45) is 1.89. The molecule has 0 radical (unpaired) electrons. The zero-order valence-electron chi connectivity index (χ0n) is 5.94. The lowest BCUT2D eigenvalue weighted by molar-refractivity contribution is -0.113. The van der Waals surface area contributed by atoms with Crippen molar-refractivity contribution in [3.63, 3.8) is 0 Å². The first-order valence-electron chi connectivity index (χ1n) is 2.87. The number of Topliss-reactive ketones (excluding diaryl/α,β-unsaturated/α-hetero) is 1. The van der Waals surface area contributed by atoms with Gasteiger partial charge in [-0.1, -0.05) is 22.0 Å².